The standard InChI is InChI=1S/C28H25N5O2.2C23H17N5O2S.C23H23N5O2/c1-32(2)21-7-5-6-19(12-21)17-35-26-13-22-23(14-25(26)34-4)30-16-24-27(22)28(31-33(24)3)20-10-8-18(15-29)9-11-20;1-28-19-10-25-18-8-20(29-2)21(30-11-16-12-31-13-26-16)7-17(18)22(19)23(27-28)15-5-3-14(9-24)4-6-15;1-28-18-12-26-17-10-19(29-2)20(30-13-21-25-7-8-31-21)9-16(17)22(18)23(27-28)15-5-3-14(11-24)4-6-15;1-27(2)9-10-30-21-11-17-18(12-20(21)29-4)25-14-19-22(17)23(26-28(19)3)16-7-5-15(13-24)6-8-16/h5-14,16H,17H2,1-4H3;3-8,10,12-13H,11H2,1-2H3;3-10,12H,13H2,1-2H3;5-8,11-12,14H,9-10H2,1-4H3. The van der Waals surface area contributed by atoms with Gasteiger partial charge in [0, 0.05) is 161 Å². The van der Waals surface area contributed by atoms with Crippen molar-refractivity contribution in [2.45, 2.75) is 19.8 Å². The van der Waals surface area contributed by atoms with Crippen LogP contribution in [-0.2, 0) is 48.0 Å². The zero-order chi connectivity index (χ0) is 88.5. The fourth-order valence-electron chi connectivity index (χ4n) is 14.8. The number of benzene rings is 9. The van der Waals surface area contributed by atoms with Gasteiger partial charge in [-0.2, -0.15) is 41.4 Å². The molecule has 10 heterocycles. The highest BCUT2D eigenvalue weighted by Gasteiger charge is 2.25. The number of ether oxygens (including phenoxy) is 8. The maximum Gasteiger partial charge on any atom is 0.162 e. The highest BCUT2D eigenvalue weighted by Crippen LogP contribution is 2.45. The lowest BCUT2D eigenvalue weighted by Gasteiger charge is -2.15. The summed E-state index contributed by atoms with van der Waals surface area (Å²) in [7, 11) is 22.1. The highest BCUT2D eigenvalue weighted by molar-refractivity contribution is 7.09. The molecule has 0 fully saturated rings. The quantitative estimate of drug-likeness (QED) is 0.0608. The Hall–Kier alpha value is -16.1. The zero-order valence-electron chi connectivity index (χ0n) is 71.3. The first kappa shape index (κ1) is 84.5. The van der Waals surface area contributed by atoms with Crippen LogP contribution in [0.2, 0.25) is 0 Å². The summed E-state index contributed by atoms with van der Waals surface area (Å²) in [6, 6.07) is 62.0. The Morgan fingerprint density at radius 3 is 1.03 bits per heavy atom. The molecule has 0 aliphatic rings. The van der Waals surface area contributed by atoms with Gasteiger partial charge in [-0.05, 0) is 105 Å². The van der Waals surface area contributed by atoms with Crippen molar-refractivity contribution in [1.29, 1.82) is 21.0 Å². The van der Waals surface area contributed by atoms with Gasteiger partial charge in [0.25, 0.3) is 0 Å². The Kier molecular flexibility index (Phi) is 24.8. The maximum absolute atomic E-state index is 9.17. The normalized spacial score (nSPS) is 11.0. The lowest BCUT2D eigenvalue weighted by molar-refractivity contribution is 0.251. The van der Waals surface area contributed by atoms with E-state index in [1.54, 1.807) is 100 Å². The van der Waals surface area contributed by atoms with Crippen molar-refractivity contribution in [2.24, 2.45) is 28.2 Å². The first-order valence-electron chi connectivity index (χ1n) is 39.9. The van der Waals surface area contributed by atoms with Gasteiger partial charge in [0.15, 0.2) is 46.0 Å². The van der Waals surface area contributed by atoms with Gasteiger partial charge in [0.1, 0.15) is 54.2 Å². The first-order valence-corrected chi connectivity index (χ1v) is 41.7. The Morgan fingerprint density at radius 1 is 0.378 bits per heavy atom. The molecule has 630 valence electrons. The van der Waals surface area contributed by atoms with Gasteiger partial charge in [0.2, 0.25) is 0 Å². The summed E-state index contributed by atoms with van der Waals surface area (Å²) in [6.45, 7) is 2.46. The summed E-state index contributed by atoms with van der Waals surface area (Å²) in [4.78, 5) is 31.2. The molecule has 127 heavy (non-hydrogen) atoms. The van der Waals surface area contributed by atoms with E-state index < -0.39 is 0 Å². The fraction of sp³-hybridized carbons (Fsp3) is 0.175. The van der Waals surface area contributed by atoms with Gasteiger partial charge in [-0.15, -0.1) is 22.7 Å². The molecule has 10 aromatic heterocycles. The molecule has 28 nitrogen and oxygen atoms in total. The number of hydrogen-bond acceptors (Lipinski definition) is 26. The van der Waals surface area contributed by atoms with Crippen LogP contribution in [0.1, 0.15) is 38.5 Å². The molecule has 0 bridgehead atoms. The van der Waals surface area contributed by atoms with Crippen molar-refractivity contribution in [1.82, 2.24) is 73.9 Å². The van der Waals surface area contributed by atoms with E-state index in [4.69, 9.17) is 79.3 Å². The minimum atomic E-state index is 0.351. The molecule has 30 heteroatoms. The third-order valence-electron chi connectivity index (χ3n) is 21.3. The van der Waals surface area contributed by atoms with Gasteiger partial charge in [-0.25, -0.2) is 9.97 Å². The Bertz CT molecular complexity index is 7250. The third kappa shape index (κ3) is 17.7. The Labute approximate surface area is 737 Å². The molecule has 0 aliphatic heterocycles. The van der Waals surface area contributed by atoms with Crippen LogP contribution in [0.25, 0.3) is 132 Å². The number of fused-ring (bicyclic) bond motifs is 12. The molecule has 0 saturated carbocycles. The molecule has 0 N–H and O–H groups in total. The van der Waals surface area contributed by atoms with Crippen LogP contribution in [0, 0.1) is 45.3 Å². The number of pyridine rings is 4. The van der Waals surface area contributed by atoms with E-state index >= 15 is 0 Å². The number of hydrogen-bond donors (Lipinski definition) is 0. The molecule has 0 amide bonds. The number of aromatic nitrogens is 14. The van der Waals surface area contributed by atoms with E-state index in [0.29, 0.717) is 94.7 Å². The van der Waals surface area contributed by atoms with Gasteiger partial charge < -0.3 is 47.7 Å². The third-order valence-corrected chi connectivity index (χ3v) is 22.7. The molecule has 0 radical (unpaired) electrons. The van der Waals surface area contributed by atoms with Crippen molar-refractivity contribution < 1.29 is 37.9 Å². The second kappa shape index (κ2) is 37.3. The summed E-state index contributed by atoms with van der Waals surface area (Å²) >= 11 is 3.07. The van der Waals surface area contributed by atoms with Crippen LogP contribution < -0.4 is 42.8 Å². The van der Waals surface area contributed by atoms with Crippen LogP contribution in [0.3, 0.4) is 0 Å². The van der Waals surface area contributed by atoms with Crippen molar-refractivity contribution in [3.63, 3.8) is 0 Å². The number of methoxy groups -OCH3 is 4. The van der Waals surface area contributed by atoms with Crippen LogP contribution in [-0.4, -0.2) is 144 Å². The van der Waals surface area contributed by atoms with Crippen molar-refractivity contribution in [3.8, 4) is 115 Å². The summed E-state index contributed by atoms with van der Waals surface area (Å²) in [5.41, 5.74) is 21.1. The average molecular weight is 1720 g/mol. The van der Waals surface area contributed by atoms with E-state index in [-0.39, 0.29) is 0 Å². The van der Waals surface area contributed by atoms with Gasteiger partial charge in [-0.3, -0.25) is 38.7 Å². The van der Waals surface area contributed by atoms with Crippen LogP contribution in [0.5, 0.6) is 46.0 Å². The zero-order valence-corrected chi connectivity index (χ0v) is 73.0. The number of nitrogens with zero attached hydrogens (tertiary/aromatic N) is 20. The lowest BCUT2D eigenvalue weighted by Crippen LogP contribution is -2.19. The second-order valence-corrected chi connectivity index (χ2v) is 31.5. The van der Waals surface area contributed by atoms with Crippen molar-refractivity contribution in [3.05, 3.63) is 256 Å². The second-order valence-electron chi connectivity index (χ2n) is 29.8. The highest BCUT2D eigenvalue weighted by atomic mass is 32.1. The molecule has 19 aromatic rings. The molecule has 0 unspecified atom stereocenters. The van der Waals surface area contributed by atoms with E-state index in [0.717, 1.165) is 161 Å². The molecule has 0 atom stereocenters. The van der Waals surface area contributed by atoms with E-state index in [9.17, 15) is 0 Å². The van der Waals surface area contributed by atoms with Crippen molar-refractivity contribution in [2.75, 3.05) is 74.7 Å². The predicted octanol–water partition coefficient (Wildman–Crippen LogP) is 18.3. The number of nitriles is 4. The molecular formula is C97H82N20O8S2. The maximum atomic E-state index is 9.17. The lowest BCUT2D eigenvalue weighted by atomic mass is 10.0. The minimum absolute atomic E-state index is 0.351. The number of likely N-dealkylation sites (N-methyl/N-ethyl adjacent to an activating group) is 1. The number of aryl methyl sites for hydroxylation is 4. The average Bonchev–Trinajstić information content (AvgIpc) is 1.64. The monoisotopic (exact) mass is 1720 g/mol. The largest absolute Gasteiger partial charge is 0.493 e. The smallest absolute Gasteiger partial charge is 0.162 e. The molecule has 0 saturated heterocycles. The molecular weight excluding hydrogens is 1640 g/mol. The summed E-state index contributed by atoms with van der Waals surface area (Å²) in [6.07, 6.45) is 9.03. The number of anilines is 1. The molecule has 0 aliphatic carbocycles. The molecule has 19 rings (SSSR count). The van der Waals surface area contributed by atoms with Crippen LogP contribution in [0.4, 0.5) is 5.69 Å². The van der Waals surface area contributed by atoms with Crippen molar-refractivity contribution >= 4 is 116 Å². The van der Waals surface area contributed by atoms with E-state index in [2.05, 4.69) is 76.1 Å². The van der Waals surface area contributed by atoms with Gasteiger partial charge in [0.05, 0.1) is 155 Å². The van der Waals surface area contributed by atoms with E-state index in [1.807, 2.05) is 220 Å². The van der Waals surface area contributed by atoms with Gasteiger partial charge >= 0.3 is 0 Å². The Morgan fingerprint density at radius 2 is 0.724 bits per heavy atom. The number of thiazole rings is 2. The van der Waals surface area contributed by atoms with Gasteiger partial charge in [-0.1, -0.05) is 60.7 Å². The summed E-state index contributed by atoms with van der Waals surface area (Å²) in [5.74, 6) is 5.04. The SMILES string of the molecule is COc1cc2ncc3c(c(-c4ccc(C#N)cc4)nn3C)c2cc1OCCN(C)C.COc1cc2ncc3c(c(-c4ccc(C#N)cc4)nn3C)c2cc1OCc1cccc(N(C)C)c1.COc1cc2ncc3c(c(-c4ccc(C#N)cc4)nn3C)c2cc1OCc1cscn1.COc1cc2ncc3c(c(-c4ccc(C#N)cc4)nn3C)c2cc1OCc1nccs1. The predicted molar refractivity (Wildman–Crippen MR) is 493 cm³/mol. The topological polar surface area (TPSA) is 324 Å². The first-order chi connectivity index (χ1) is 61.8. The minimum Gasteiger partial charge on any atom is -0.493 e. The van der Waals surface area contributed by atoms with Crippen LogP contribution in [0.15, 0.2) is 217 Å². The van der Waals surface area contributed by atoms with E-state index in [1.165, 1.54) is 11.3 Å². The Balaban J connectivity index is 0.000000125. The fourth-order valence-corrected chi connectivity index (χ4v) is 15.9. The number of rotatable bonds is 22. The summed E-state index contributed by atoms with van der Waals surface area (Å²) in [5, 5.41) is 67.8. The van der Waals surface area contributed by atoms with Crippen LogP contribution >= 0.6 is 22.7 Å². The molecule has 9 aromatic carbocycles. The summed E-state index contributed by atoms with van der Waals surface area (Å²) < 4.78 is 53.9. The molecule has 0 spiro atoms.